The number of nitrogen functional groups attached to an aromatic ring is 1. The minimum atomic E-state index is -3.72. The Morgan fingerprint density at radius 1 is 1.30 bits per heavy atom. The molecular weight excluding hydrogens is 276 g/mol. The van der Waals surface area contributed by atoms with Crippen LogP contribution in [-0.4, -0.2) is 46.5 Å². The Hall–Kier alpha value is -1.31. The molecule has 0 saturated heterocycles. The fourth-order valence-corrected chi connectivity index (χ4v) is 2.87. The summed E-state index contributed by atoms with van der Waals surface area (Å²) in [6.07, 6.45) is 0. The maximum atomic E-state index is 11.3. The molecule has 114 valence electrons. The van der Waals surface area contributed by atoms with E-state index in [9.17, 15) is 8.42 Å². The van der Waals surface area contributed by atoms with E-state index in [1.165, 1.54) is 12.1 Å². The molecule has 4 N–H and O–H groups in total. The van der Waals surface area contributed by atoms with Crippen molar-refractivity contribution >= 4 is 21.4 Å². The van der Waals surface area contributed by atoms with Crippen LogP contribution >= 0.6 is 0 Å². The van der Waals surface area contributed by atoms with Gasteiger partial charge in [0, 0.05) is 19.1 Å². The Morgan fingerprint density at radius 2 is 1.90 bits per heavy atom. The van der Waals surface area contributed by atoms with E-state index in [2.05, 4.69) is 16.7 Å². The van der Waals surface area contributed by atoms with Gasteiger partial charge in [-0.1, -0.05) is 0 Å². The summed E-state index contributed by atoms with van der Waals surface area (Å²) in [5.74, 6) is 0. The molecular formula is C13H24N4O2S. The standard InChI is InChI=1S/C13H24N4O2S/c1-5-17(10(2)9-16(3)4)13-7-6-11(8-12(13)14)20(15,18)19/h6-8,10H,5,9,14H2,1-4H3,(H2,15,18,19). The van der Waals surface area contributed by atoms with Crippen LogP contribution in [0.2, 0.25) is 0 Å². The van der Waals surface area contributed by atoms with Crippen LogP contribution in [0.15, 0.2) is 23.1 Å². The Bertz CT molecular complexity index is 557. The highest BCUT2D eigenvalue weighted by molar-refractivity contribution is 7.89. The van der Waals surface area contributed by atoms with E-state index < -0.39 is 10.0 Å². The lowest BCUT2D eigenvalue weighted by atomic mass is 10.2. The molecule has 0 fully saturated rings. The van der Waals surface area contributed by atoms with Gasteiger partial charge in [-0.05, 0) is 46.1 Å². The van der Waals surface area contributed by atoms with E-state index in [4.69, 9.17) is 10.9 Å². The molecule has 0 aliphatic rings. The van der Waals surface area contributed by atoms with Crippen molar-refractivity contribution < 1.29 is 8.42 Å². The zero-order chi connectivity index (χ0) is 15.5. The van der Waals surface area contributed by atoms with Gasteiger partial charge in [-0.25, -0.2) is 13.6 Å². The molecule has 0 saturated carbocycles. The first-order valence-electron chi connectivity index (χ1n) is 6.50. The van der Waals surface area contributed by atoms with Gasteiger partial charge in [0.1, 0.15) is 0 Å². The fourth-order valence-electron chi connectivity index (χ4n) is 2.32. The molecule has 1 unspecified atom stereocenters. The number of anilines is 2. The fraction of sp³-hybridized carbons (Fsp3) is 0.538. The quantitative estimate of drug-likeness (QED) is 0.754. The number of hydrogen-bond acceptors (Lipinski definition) is 5. The van der Waals surface area contributed by atoms with E-state index in [1.807, 2.05) is 21.0 Å². The molecule has 0 aliphatic heterocycles. The normalized spacial score (nSPS) is 13.5. The molecule has 0 heterocycles. The van der Waals surface area contributed by atoms with Crippen LogP contribution in [-0.2, 0) is 10.0 Å². The van der Waals surface area contributed by atoms with Crippen molar-refractivity contribution in [2.24, 2.45) is 5.14 Å². The van der Waals surface area contributed by atoms with Crippen molar-refractivity contribution in [3.05, 3.63) is 18.2 Å². The minimum Gasteiger partial charge on any atom is -0.397 e. The Labute approximate surface area is 121 Å². The lowest BCUT2D eigenvalue weighted by Gasteiger charge is -2.33. The zero-order valence-electron chi connectivity index (χ0n) is 12.5. The van der Waals surface area contributed by atoms with Crippen LogP contribution in [0.25, 0.3) is 0 Å². The van der Waals surface area contributed by atoms with Crippen LogP contribution in [0.4, 0.5) is 11.4 Å². The zero-order valence-corrected chi connectivity index (χ0v) is 13.3. The largest absolute Gasteiger partial charge is 0.397 e. The summed E-state index contributed by atoms with van der Waals surface area (Å²) in [5, 5.41) is 5.11. The molecule has 0 aliphatic carbocycles. The predicted octanol–water partition coefficient (Wildman–Crippen LogP) is 0.693. The summed E-state index contributed by atoms with van der Waals surface area (Å²) in [4.78, 5) is 4.28. The lowest BCUT2D eigenvalue weighted by Crippen LogP contribution is -2.40. The van der Waals surface area contributed by atoms with Gasteiger partial charge in [0.25, 0.3) is 0 Å². The second-order valence-corrected chi connectivity index (χ2v) is 6.72. The van der Waals surface area contributed by atoms with Gasteiger partial charge in [0.2, 0.25) is 10.0 Å². The summed E-state index contributed by atoms with van der Waals surface area (Å²) in [6.45, 7) is 5.81. The van der Waals surface area contributed by atoms with Crippen LogP contribution in [0, 0.1) is 0 Å². The number of hydrogen-bond donors (Lipinski definition) is 2. The Balaban J connectivity index is 3.11. The summed E-state index contributed by atoms with van der Waals surface area (Å²) >= 11 is 0. The third-order valence-electron chi connectivity index (χ3n) is 3.14. The molecule has 20 heavy (non-hydrogen) atoms. The molecule has 0 bridgehead atoms. The average Bonchev–Trinajstić information content (AvgIpc) is 2.29. The van der Waals surface area contributed by atoms with Crippen molar-refractivity contribution in [1.29, 1.82) is 0 Å². The third kappa shape index (κ3) is 4.09. The van der Waals surface area contributed by atoms with Gasteiger partial charge < -0.3 is 15.5 Å². The summed E-state index contributed by atoms with van der Waals surface area (Å²) in [7, 11) is 0.303. The highest BCUT2D eigenvalue weighted by Gasteiger charge is 2.18. The van der Waals surface area contributed by atoms with Crippen molar-refractivity contribution in [2.75, 3.05) is 37.8 Å². The highest BCUT2D eigenvalue weighted by atomic mass is 32.2. The number of sulfonamides is 1. The van der Waals surface area contributed by atoms with Gasteiger partial charge in [-0.3, -0.25) is 0 Å². The molecule has 0 amide bonds. The van der Waals surface area contributed by atoms with Crippen molar-refractivity contribution in [3.8, 4) is 0 Å². The molecule has 1 aromatic rings. The van der Waals surface area contributed by atoms with Gasteiger partial charge >= 0.3 is 0 Å². The Morgan fingerprint density at radius 3 is 2.30 bits per heavy atom. The first-order valence-corrected chi connectivity index (χ1v) is 8.05. The summed E-state index contributed by atoms with van der Waals surface area (Å²) in [5.41, 5.74) is 7.24. The number of nitrogens with zero attached hydrogens (tertiary/aromatic N) is 2. The monoisotopic (exact) mass is 300 g/mol. The molecule has 6 nitrogen and oxygen atoms in total. The average molecular weight is 300 g/mol. The molecule has 0 spiro atoms. The molecule has 1 rings (SSSR count). The van der Waals surface area contributed by atoms with Gasteiger partial charge in [-0.15, -0.1) is 0 Å². The molecule has 1 atom stereocenters. The summed E-state index contributed by atoms with van der Waals surface area (Å²) in [6, 6.07) is 4.88. The number of rotatable bonds is 6. The first kappa shape index (κ1) is 16.7. The third-order valence-corrected chi connectivity index (χ3v) is 4.05. The second-order valence-electron chi connectivity index (χ2n) is 5.16. The number of primary sulfonamides is 1. The van der Waals surface area contributed by atoms with E-state index in [-0.39, 0.29) is 10.9 Å². The summed E-state index contributed by atoms with van der Waals surface area (Å²) < 4.78 is 22.6. The van der Waals surface area contributed by atoms with Crippen molar-refractivity contribution in [1.82, 2.24) is 4.90 Å². The van der Waals surface area contributed by atoms with Crippen molar-refractivity contribution in [2.45, 2.75) is 24.8 Å². The SMILES string of the molecule is CCN(c1ccc(S(N)(=O)=O)cc1N)C(C)CN(C)C. The van der Waals surface area contributed by atoms with E-state index in [1.54, 1.807) is 6.07 Å². The second kappa shape index (κ2) is 6.43. The maximum absolute atomic E-state index is 11.3. The van der Waals surface area contributed by atoms with Crippen LogP contribution in [0.3, 0.4) is 0 Å². The van der Waals surface area contributed by atoms with Crippen LogP contribution in [0.5, 0.6) is 0 Å². The lowest BCUT2D eigenvalue weighted by molar-refractivity contribution is 0.373. The topological polar surface area (TPSA) is 92.7 Å². The number of nitrogens with two attached hydrogens (primary N) is 2. The van der Waals surface area contributed by atoms with E-state index in [0.717, 1.165) is 18.8 Å². The first-order chi connectivity index (χ1) is 9.16. The van der Waals surface area contributed by atoms with Crippen LogP contribution < -0.4 is 15.8 Å². The maximum Gasteiger partial charge on any atom is 0.238 e. The van der Waals surface area contributed by atoms with Gasteiger partial charge in [-0.2, -0.15) is 0 Å². The van der Waals surface area contributed by atoms with E-state index in [0.29, 0.717) is 5.69 Å². The van der Waals surface area contributed by atoms with E-state index >= 15 is 0 Å². The number of benzene rings is 1. The molecule has 1 aromatic carbocycles. The van der Waals surface area contributed by atoms with Gasteiger partial charge in [0.15, 0.2) is 0 Å². The highest BCUT2D eigenvalue weighted by Crippen LogP contribution is 2.27. The number of likely N-dealkylation sites (N-methyl/N-ethyl adjacent to an activating group) is 2. The predicted molar refractivity (Wildman–Crippen MR) is 83.3 cm³/mol. The van der Waals surface area contributed by atoms with Gasteiger partial charge in [0.05, 0.1) is 16.3 Å². The molecule has 7 heteroatoms. The van der Waals surface area contributed by atoms with Crippen molar-refractivity contribution in [3.63, 3.8) is 0 Å². The smallest absolute Gasteiger partial charge is 0.238 e. The minimum absolute atomic E-state index is 0.0371. The Kier molecular flexibility index (Phi) is 5.38. The molecule has 0 radical (unpaired) electrons. The van der Waals surface area contributed by atoms with Crippen LogP contribution in [0.1, 0.15) is 13.8 Å². The molecule has 0 aromatic heterocycles.